The number of aryl methyl sites for hydroxylation is 1. The van der Waals surface area contributed by atoms with Crippen molar-refractivity contribution in [3.63, 3.8) is 0 Å². The molecule has 3 heteroatoms. The molecule has 0 spiro atoms. The molecule has 0 bridgehead atoms. The summed E-state index contributed by atoms with van der Waals surface area (Å²) in [5.41, 5.74) is 10.0. The van der Waals surface area contributed by atoms with Crippen LogP contribution in [0.1, 0.15) is 18.2 Å². The number of rotatable bonds is 2. The van der Waals surface area contributed by atoms with Gasteiger partial charge in [0.1, 0.15) is 5.82 Å². The fourth-order valence-electron chi connectivity index (χ4n) is 1.93. The Morgan fingerprint density at radius 2 is 1.94 bits per heavy atom. The van der Waals surface area contributed by atoms with Crippen LogP contribution in [-0.4, -0.2) is 4.98 Å². The molecule has 2 rings (SSSR count). The first-order valence-electron chi connectivity index (χ1n) is 5.64. The summed E-state index contributed by atoms with van der Waals surface area (Å²) in [6, 6.07) is 9.76. The van der Waals surface area contributed by atoms with Gasteiger partial charge in [-0.15, -0.1) is 0 Å². The van der Waals surface area contributed by atoms with Gasteiger partial charge in [0.25, 0.3) is 0 Å². The van der Waals surface area contributed by atoms with Crippen LogP contribution in [0.25, 0.3) is 11.1 Å². The molecule has 2 aromatic rings. The van der Waals surface area contributed by atoms with Gasteiger partial charge in [-0.25, -0.2) is 4.98 Å². The van der Waals surface area contributed by atoms with Gasteiger partial charge in [0.15, 0.2) is 0 Å². The fraction of sp³-hybridized carbons (Fsp3) is 0.214. The van der Waals surface area contributed by atoms with Crippen molar-refractivity contribution in [2.75, 3.05) is 5.73 Å². The van der Waals surface area contributed by atoms with Crippen molar-refractivity contribution in [1.82, 2.24) is 4.98 Å². The second-order valence-electron chi connectivity index (χ2n) is 4.00. The summed E-state index contributed by atoms with van der Waals surface area (Å²) in [6.45, 7) is 4.10. The first kappa shape index (κ1) is 11.9. The highest BCUT2D eigenvalue weighted by Crippen LogP contribution is 2.30. The zero-order chi connectivity index (χ0) is 12.4. The predicted molar refractivity (Wildman–Crippen MR) is 73.2 cm³/mol. The molecule has 88 valence electrons. The number of halogens is 1. The van der Waals surface area contributed by atoms with E-state index in [1.54, 1.807) is 0 Å². The van der Waals surface area contributed by atoms with E-state index in [1.165, 1.54) is 0 Å². The van der Waals surface area contributed by atoms with Crippen LogP contribution in [0.4, 0.5) is 5.82 Å². The standard InChI is InChI=1S/C14H15ClN2/c1-3-13-11(7-8-14(16)17-13)10-5-4-6-12(15)9(10)2/h4-8H,3H2,1-2H3,(H2,16,17). The van der Waals surface area contributed by atoms with Crippen LogP contribution in [0, 0.1) is 6.92 Å². The van der Waals surface area contributed by atoms with Gasteiger partial charge >= 0.3 is 0 Å². The van der Waals surface area contributed by atoms with E-state index in [4.69, 9.17) is 17.3 Å². The summed E-state index contributed by atoms with van der Waals surface area (Å²) < 4.78 is 0. The Hall–Kier alpha value is -1.54. The Bertz CT molecular complexity index is 550. The number of aromatic nitrogens is 1. The third-order valence-corrected chi connectivity index (χ3v) is 3.30. The Morgan fingerprint density at radius 1 is 1.18 bits per heavy atom. The van der Waals surface area contributed by atoms with E-state index in [0.717, 1.165) is 33.8 Å². The van der Waals surface area contributed by atoms with Crippen molar-refractivity contribution in [3.05, 3.63) is 46.6 Å². The van der Waals surface area contributed by atoms with Gasteiger partial charge in [-0.05, 0) is 42.7 Å². The lowest BCUT2D eigenvalue weighted by Gasteiger charge is -2.11. The lowest BCUT2D eigenvalue weighted by atomic mass is 9.98. The van der Waals surface area contributed by atoms with E-state index < -0.39 is 0 Å². The smallest absolute Gasteiger partial charge is 0.123 e. The molecular weight excluding hydrogens is 232 g/mol. The summed E-state index contributed by atoms with van der Waals surface area (Å²) in [5.74, 6) is 0.560. The minimum atomic E-state index is 0.560. The van der Waals surface area contributed by atoms with E-state index >= 15 is 0 Å². The second-order valence-corrected chi connectivity index (χ2v) is 4.40. The minimum absolute atomic E-state index is 0.560. The molecule has 0 radical (unpaired) electrons. The number of nitrogens with two attached hydrogens (primary N) is 1. The summed E-state index contributed by atoms with van der Waals surface area (Å²) in [7, 11) is 0. The van der Waals surface area contributed by atoms with Gasteiger partial charge in [-0.1, -0.05) is 30.7 Å². The van der Waals surface area contributed by atoms with Crippen molar-refractivity contribution in [2.24, 2.45) is 0 Å². The van der Waals surface area contributed by atoms with Crippen LogP contribution in [0.3, 0.4) is 0 Å². The Morgan fingerprint density at radius 3 is 2.65 bits per heavy atom. The molecule has 0 unspecified atom stereocenters. The van der Waals surface area contributed by atoms with Crippen molar-refractivity contribution in [1.29, 1.82) is 0 Å². The number of pyridine rings is 1. The lowest BCUT2D eigenvalue weighted by molar-refractivity contribution is 1.04. The van der Waals surface area contributed by atoms with Crippen molar-refractivity contribution < 1.29 is 0 Å². The summed E-state index contributed by atoms with van der Waals surface area (Å²) in [5, 5.41) is 0.779. The number of hydrogen-bond acceptors (Lipinski definition) is 2. The van der Waals surface area contributed by atoms with E-state index in [2.05, 4.69) is 18.0 Å². The third-order valence-electron chi connectivity index (χ3n) is 2.89. The molecule has 0 aliphatic rings. The van der Waals surface area contributed by atoms with Crippen LogP contribution in [0.5, 0.6) is 0 Å². The normalized spacial score (nSPS) is 10.5. The van der Waals surface area contributed by atoms with E-state index in [9.17, 15) is 0 Å². The average molecular weight is 247 g/mol. The van der Waals surface area contributed by atoms with Crippen LogP contribution < -0.4 is 5.73 Å². The Balaban J connectivity index is 2.64. The summed E-state index contributed by atoms with van der Waals surface area (Å²) in [6.07, 6.45) is 0.853. The van der Waals surface area contributed by atoms with Crippen LogP contribution in [0.15, 0.2) is 30.3 Å². The Kier molecular flexibility index (Phi) is 3.34. The molecule has 0 fully saturated rings. The lowest BCUT2D eigenvalue weighted by Crippen LogP contribution is -1.98. The molecule has 1 aromatic heterocycles. The van der Waals surface area contributed by atoms with Crippen molar-refractivity contribution >= 4 is 17.4 Å². The highest BCUT2D eigenvalue weighted by atomic mass is 35.5. The van der Waals surface area contributed by atoms with Crippen molar-refractivity contribution in [3.8, 4) is 11.1 Å². The highest BCUT2D eigenvalue weighted by Gasteiger charge is 2.09. The molecule has 2 nitrogen and oxygen atoms in total. The molecule has 1 aromatic carbocycles. The molecule has 0 aliphatic carbocycles. The van der Waals surface area contributed by atoms with Gasteiger partial charge in [0.05, 0.1) is 5.69 Å². The van der Waals surface area contributed by atoms with Gasteiger partial charge in [0.2, 0.25) is 0 Å². The summed E-state index contributed by atoms with van der Waals surface area (Å²) >= 11 is 6.15. The zero-order valence-electron chi connectivity index (χ0n) is 10.00. The van der Waals surface area contributed by atoms with Gasteiger partial charge < -0.3 is 5.73 Å². The predicted octanol–water partition coefficient (Wildman–Crippen LogP) is 3.86. The van der Waals surface area contributed by atoms with Gasteiger partial charge in [0, 0.05) is 10.6 Å². The number of benzene rings is 1. The quantitative estimate of drug-likeness (QED) is 0.874. The molecule has 2 N–H and O–H groups in total. The van der Waals surface area contributed by atoms with E-state index in [1.807, 2.05) is 31.2 Å². The Labute approximate surface area is 106 Å². The molecular formula is C14H15ClN2. The fourth-order valence-corrected chi connectivity index (χ4v) is 2.11. The van der Waals surface area contributed by atoms with Crippen molar-refractivity contribution in [2.45, 2.75) is 20.3 Å². The maximum absolute atomic E-state index is 6.15. The van der Waals surface area contributed by atoms with Crippen LogP contribution in [-0.2, 0) is 6.42 Å². The van der Waals surface area contributed by atoms with Gasteiger partial charge in [-0.2, -0.15) is 0 Å². The largest absolute Gasteiger partial charge is 0.384 e. The monoisotopic (exact) mass is 246 g/mol. The number of hydrogen-bond donors (Lipinski definition) is 1. The maximum atomic E-state index is 6.15. The molecule has 17 heavy (non-hydrogen) atoms. The number of nitrogen functional groups attached to an aromatic ring is 1. The molecule has 0 aliphatic heterocycles. The SMILES string of the molecule is CCc1nc(N)ccc1-c1cccc(Cl)c1C. The third kappa shape index (κ3) is 2.27. The molecule has 0 amide bonds. The second kappa shape index (κ2) is 4.76. The molecule has 0 saturated carbocycles. The summed E-state index contributed by atoms with van der Waals surface area (Å²) in [4.78, 5) is 4.37. The minimum Gasteiger partial charge on any atom is -0.384 e. The van der Waals surface area contributed by atoms with Crippen LogP contribution >= 0.6 is 11.6 Å². The topological polar surface area (TPSA) is 38.9 Å². The van der Waals surface area contributed by atoms with Crippen LogP contribution in [0.2, 0.25) is 5.02 Å². The number of nitrogens with zero attached hydrogens (tertiary/aromatic N) is 1. The first-order chi connectivity index (χ1) is 8.13. The maximum Gasteiger partial charge on any atom is 0.123 e. The molecule has 1 heterocycles. The number of anilines is 1. The first-order valence-corrected chi connectivity index (χ1v) is 6.02. The van der Waals surface area contributed by atoms with E-state index in [0.29, 0.717) is 5.82 Å². The molecule has 0 atom stereocenters. The molecule has 0 saturated heterocycles. The van der Waals surface area contributed by atoms with E-state index in [-0.39, 0.29) is 0 Å². The zero-order valence-corrected chi connectivity index (χ0v) is 10.8. The average Bonchev–Trinajstić information content (AvgIpc) is 2.33. The highest BCUT2D eigenvalue weighted by molar-refractivity contribution is 6.31. The van der Waals surface area contributed by atoms with Gasteiger partial charge in [-0.3, -0.25) is 0 Å².